The van der Waals surface area contributed by atoms with E-state index in [-0.39, 0.29) is 13.0 Å². The van der Waals surface area contributed by atoms with Gasteiger partial charge >= 0.3 is 17.9 Å². The first-order valence-corrected chi connectivity index (χ1v) is 5.51. The van der Waals surface area contributed by atoms with Gasteiger partial charge in [0.1, 0.15) is 6.10 Å². The monoisotopic (exact) mass is 260 g/mol. The minimum Gasteiger partial charge on any atom is -0.458 e. The molecule has 1 unspecified atom stereocenters. The van der Waals surface area contributed by atoms with Gasteiger partial charge in [-0.2, -0.15) is 0 Å². The van der Waals surface area contributed by atoms with Crippen LogP contribution in [0.1, 0.15) is 27.2 Å². The lowest BCUT2D eigenvalue weighted by Gasteiger charge is -2.34. The molecule has 3 atom stereocenters. The maximum absolute atomic E-state index is 11.0. The van der Waals surface area contributed by atoms with E-state index in [2.05, 4.69) is 0 Å². The van der Waals surface area contributed by atoms with E-state index in [0.717, 1.165) is 0 Å². The summed E-state index contributed by atoms with van der Waals surface area (Å²) in [5, 5.41) is 0. The molecular weight excluding hydrogens is 244 g/mol. The summed E-state index contributed by atoms with van der Waals surface area (Å²) in [5.74, 6) is -1.49. The molecular formula is C11H16O7. The van der Waals surface area contributed by atoms with E-state index in [1.807, 2.05) is 0 Å². The highest BCUT2D eigenvalue weighted by atomic mass is 16.7. The molecule has 1 heterocycles. The first kappa shape index (κ1) is 14.4. The Kier molecular flexibility index (Phi) is 5.08. The number of hydrogen-bond donors (Lipinski definition) is 0. The van der Waals surface area contributed by atoms with Crippen LogP contribution in [0.4, 0.5) is 0 Å². The molecule has 0 aromatic heterocycles. The van der Waals surface area contributed by atoms with E-state index in [9.17, 15) is 14.4 Å². The number of hydrogen-bond acceptors (Lipinski definition) is 7. The van der Waals surface area contributed by atoms with Crippen molar-refractivity contribution in [1.82, 2.24) is 0 Å². The van der Waals surface area contributed by atoms with Crippen molar-refractivity contribution in [2.45, 2.75) is 45.7 Å². The lowest BCUT2D eigenvalue weighted by atomic mass is 10.1. The molecule has 0 radical (unpaired) electrons. The van der Waals surface area contributed by atoms with Crippen molar-refractivity contribution < 1.29 is 33.3 Å². The fraction of sp³-hybridized carbons (Fsp3) is 0.727. The molecule has 18 heavy (non-hydrogen) atoms. The van der Waals surface area contributed by atoms with Crippen LogP contribution in [0, 0.1) is 0 Å². The summed E-state index contributed by atoms with van der Waals surface area (Å²) in [4.78, 5) is 32.7. The fourth-order valence-electron chi connectivity index (χ4n) is 1.65. The smallest absolute Gasteiger partial charge is 0.304 e. The molecule has 1 saturated heterocycles. The molecule has 0 spiro atoms. The fourth-order valence-corrected chi connectivity index (χ4v) is 1.65. The highest BCUT2D eigenvalue weighted by Crippen LogP contribution is 2.21. The van der Waals surface area contributed by atoms with Crippen molar-refractivity contribution >= 4 is 17.9 Å². The lowest BCUT2D eigenvalue weighted by molar-refractivity contribution is -0.228. The van der Waals surface area contributed by atoms with Gasteiger partial charge in [-0.3, -0.25) is 14.4 Å². The summed E-state index contributed by atoms with van der Waals surface area (Å²) in [6.45, 7) is 3.77. The van der Waals surface area contributed by atoms with Gasteiger partial charge in [0, 0.05) is 20.8 Å². The molecule has 1 fully saturated rings. The molecule has 0 aromatic rings. The minimum atomic E-state index is -0.793. The summed E-state index contributed by atoms with van der Waals surface area (Å²) < 4.78 is 20.1. The van der Waals surface area contributed by atoms with E-state index in [0.29, 0.717) is 0 Å². The normalized spacial score (nSPS) is 27.2. The van der Waals surface area contributed by atoms with Crippen LogP contribution in [0.15, 0.2) is 0 Å². The van der Waals surface area contributed by atoms with E-state index >= 15 is 0 Å². The maximum Gasteiger partial charge on any atom is 0.304 e. The molecule has 0 amide bonds. The van der Waals surface area contributed by atoms with Crippen molar-refractivity contribution in [2.75, 3.05) is 6.61 Å². The quantitative estimate of drug-likeness (QED) is 0.527. The summed E-state index contributed by atoms with van der Waals surface area (Å²) in [7, 11) is 0. The van der Waals surface area contributed by atoms with Crippen molar-refractivity contribution in [1.29, 1.82) is 0 Å². The van der Waals surface area contributed by atoms with Gasteiger partial charge < -0.3 is 18.9 Å². The molecule has 0 N–H and O–H groups in total. The highest BCUT2D eigenvalue weighted by molar-refractivity contribution is 5.67. The molecule has 7 heteroatoms. The van der Waals surface area contributed by atoms with Crippen molar-refractivity contribution in [3.63, 3.8) is 0 Å². The molecule has 102 valence electrons. The Balaban J connectivity index is 2.62. The van der Waals surface area contributed by atoms with Crippen molar-refractivity contribution in [3.8, 4) is 0 Å². The Labute approximate surface area is 104 Å². The van der Waals surface area contributed by atoms with E-state index in [4.69, 9.17) is 18.9 Å². The molecule has 0 bridgehead atoms. The predicted octanol–water partition coefficient (Wildman–Crippen LogP) is 0.159. The van der Waals surface area contributed by atoms with Crippen molar-refractivity contribution in [3.05, 3.63) is 0 Å². The second-order valence-corrected chi connectivity index (χ2v) is 3.90. The lowest BCUT2D eigenvalue weighted by Crippen LogP contribution is -2.46. The molecule has 1 rings (SSSR count). The van der Waals surface area contributed by atoms with Crippen molar-refractivity contribution in [2.24, 2.45) is 0 Å². The number of esters is 3. The van der Waals surface area contributed by atoms with Gasteiger partial charge in [-0.05, 0) is 0 Å². The summed E-state index contributed by atoms with van der Waals surface area (Å²) in [6, 6.07) is 0. The number of rotatable bonds is 3. The van der Waals surface area contributed by atoms with Gasteiger partial charge in [-0.15, -0.1) is 0 Å². The number of ether oxygens (including phenoxy) is 4. The summed E-state index contributed by atoms with van der Waals surface area (Å²) >= 11 is 0. The average molecular weight is 260 g/mol. The predicted molar refractivity (Wildman–Crippen MR) is 57.2 cm³/mol. The molecule has 1 aliphatic rings. The molecule has 0 saturated carbocycles. The van der Waals surface area contributed by atoms with E-state index in [1.54, 1.807) is 0 Å². The third-order valence-corrected chi connectivity index (χ3v) is 2.22. The van der Waals surface area contributed by atoms with Gasteiger partial charge in [0.2, 0.25) is 6.29 Å². The van der Waals surface area contributed by atoms with Gasteiger partial charge in [-0.1, -0.05) is 0 Å². The third kappa shape index (κ3) is 4.70. The van der Waals surface area contributed by atoms with Crippen LogP contribution in [0.5, 0.6) is 0 Å². The van der Waals surface area contributed by atoms with Crippen LogP contribution in [-0.4, -0.2) is 43.0 Å². The van der Waals surface area contributed by atoms with Crippen LogP contribution in [-0.2, 0) is 33.3 Å². The Bertz CT molecular complexity index is 338. The first-order valence-electron chi connectivity index (χ1n) is 5.51. The number of carbonyl (C=O) groups is 3. The minimum absolute atomic E-state index is 0.00940. The molecule has 1 aliphatic heterocycles. The standard InChI is InChI=1S/C11H16O7/c1-6(12)16-9-4-11(18-8(3)14)15-5-10(9)17-7(2)13/h9-11H,4-5H2,1-3H3/t9-,10+,11?/m1/s1. The van der Waals surface area contributed by atoms with Crippen LogP contribution in [0.2, 0.25) is 0 Å². The zero-order valence-electron chi connectivity index (χ0n) is 10.5. The molecule has 0 aromatic carbocycles. The summed E-state index contributed by atoms with van der Waals surface area (Å²) in [6.07, 6.45) is -2.02. The number of carbonyl (C=O) groups excluding carboxylic acids is 3. The van der Waals surface area contributed by atoms with Crippen LogP contribution in [0.25, 0.3) is 0 Å². The average Bonchev–Trinajstić information content (AvgIpc) is 2.19. The second kappa shape index (κ2) is 6.34. The van der Waals surface area contributed by atoms with E-state index in [1.165, 1.54) is 20.8 Å². The van der Waals surface area contributed by atoms with E-state index < -0.39 is 36.4 Å². The topological polar surface area (TPSA) is 88.1 Å². The molecule has 0 aliphatic carbocycles. The van der Waals surface area contributed by atoms with Gasteiger partial charge in [0.05, 0.1) is 13.0 Å². The van der Waals surface area contributed by atoms with Gasteiger partial charge in [0.25, 0.3) is 0 Å². The van der Waals surface area contributed by atoms with Crippen LogP contribution in [0.3, 0.4) is 0 Å². The highest BCUT2D eigenvalue weighted by Gasteiger charge is 2.37. The Morgan fingerprint density at radius 1 is 0.889 bits per heavy atom. The third-order valence-electron chi connectivity index (χ3n) is 2.22. The molecule has 7 nitrogen and oxygen atoms in total. The second-order valence-electron chi connectivity index (χ2n) is 3.90. The maximum atomic E-state index is 11.0. The Morgan fingerprint density at radius 2 is 1.39 bits per heavy atom. The SMILES string of the molecule is CC(=O)OC1C[C@@H](OC(C)=O)[C@@H](OC(C)=O)CO1. The Hall–Kier alpha value is -1.63. The van der Waals surface area contributed by atoms with Gasteiger partial charge in [-0.25, -0.2) is 0 Å². The summed E-state index contributed by atoms with van der Waals surface area (Å²) in [5.41, 5.74) is 0. The first-order chi connectivity index (χ1) is 8.38. The van der Waals surface area contributed by atoms with Gasteiger partial charge in [0.15, 0.2) is 6.10 Å². The largest absolute Gasteiger partial charge is 0.458 e. The zero-order chi connectivity index (χ0) is 13.7. The van der Waals surface area contributed by atoms with Crippen LogP contribution < -0.4 is 0 Å². The Morgan fingerprint density at radius 3 is 1.89 bits per heavy atom. The van der Waals surface area contributed by atoms with Crippen LogP contribution >= 0.6 is 0 Å². The zero-order valence-corrected chi connectivity index (χ0v) is 10.5.